The zero-order valence-corrected chi connectivity index (χ0v) is 16.1. The second-order valence-electron chi connectivity index (χ2n) is 7.88. The summed E-state index contributed by atoms with van der Waals surface area (Å²) in [6.45, 7) is 0. The third-order valence-corrected chi connectivity index (χ3v) is 6.16. The zero-order chi connectivity index (χ0) is 20.0. The summed E-state index contributed by atoms with van der Waals surface area (Å²) in [5.41, 5.74) is 2.92. The lowest BCUT2D eigenvalue weighted by Gasteiger charge is -2.38. The molecule has 0 saturated carbocycles. The van der Waals surface area contributed by atoms with E-state index < -0.39 is 6.17 Å². The molecule has 2 saturated heterocycles. The molecule has 1 aromatic carbocycles. The Bertz CT molecular complexity index is 993. The Hall–Kier alpha value is -3.00. The van der Waals surface area contributed by atoms with Gasteiger partial charge in [-0.25, -0.2) is 9.37 Å². The fourth-order valence-corrected chi connectivity index (χ4v) is 4.50. The molecule has 2 fully saturated rings. The van der Waals surface area contributed by atoms with Crippen molar-refractivity contribution in [2.75, 3.05) is 11.9 Å². The first-order valence-electron chi connectivity index (χ1n) is 9.87. The highest BCUT2D eigenvalue weighted by Crippen LogP contribution is 2.34. The third kappa shape index (κ3) is 3.23. The van der Waals surface area contributed by atoms with Crippen molar-refractivity contribution in [2.24, 2.45) is 0 Å². The quantitative estimate of drug-likeness (QED) is 0.630. The summed E-state index contributed by atoms with van der Waals surface area (Å²) >= 11 is 0. The molecule has 2 aliphatic rings. The summed E-state index contributed by atoms with van der Waals surface area (Å²) in [5.74, 6) is 0.759. The minimum Gasteiger partial charge on any atom is -0.507 e. The van der Waals surface area contributed by atoms with Gasteiger partial charge in [0, 0.05) is 36.5 Å². The Balaban J connectivity index is 1.36. The predicted octanol–water partition coefficient (Wildman–Crippen LogP) is 2.91. The van der Waals surface area contributed by atoms with Gasteiger partial charge in [-0.1, -0.05) is 6.07 Å². The van der Waals surface area contributed by atoms with Crippen LogP contribution in [-0.2, 0) is 0 Å². The summed E-state index contributed by atoms with van der Waals surface area (Å²) < 4.78 is 14.8. The largest absolute Gasteiger partial charge is 0.507 e. The molecule has 0 spiro atoms. The lowest BCUT2D eigenvalue weighted by atomic mass is 9.96. The minimum atomic E-state index is -0.917. The molecule has 150 valence electrons. The fraction of sp³-hybridized carbons (Fsp3) is 0.381. The zero-order valence-electron chi connectivity index (χ0n) is 16.1. The Morgan fingerprint density at radius 2 is 2.03 bits per heavy atom. The number of piperidine rings is 1. The molecule has 4 heterocycles. The number of halogens is 1. The van der Waals surface area contributed by atoms with E-state index in [1.165, 1.54) is 0 Å². The summed E-state index contributed by atoms with van der Waals surface area (Å²) in [7, 11) is 1.88. The van der Waals surface area contributed by atoms with Crippen molar-refractivity contribution in [1.82, 2.24) is 25.5 Å². The average Bonchev–Trinajstić information content (AvgIpc) is 3.41. The number of phenolic OH excluding ortho intramolecular Hbond substituents is 1. The number of benzene rings is 1. The van der Waals surface area contributed by atoms with Crippen molar-refractivity contribution in [3.05, 3.63) is 43.0 Å². The molecule has 7 nitrogen and oxygen atoms in total. The van der Waals surface area contributed by atoms with Crippen LogP contribution in [0.1, 0.15) is 19.3 Å². The maximum Gasteiger partial charge on any atom is 0.147 e. The fourth-order valence-electron chi connectivity index (χ4n) is 4.50. The highest BCUT2D eigenvalue weighted by molar-refractivity contribution is 5.73. The van der Waals surface area contributed by atoms with E-state index in [1.807, 2.05) is 24.1 Å². The Morgan fingerprint density at radius 1 is 1.14 bits per heavy atom. The minimum absolute atomic E-state index is 0.0564. The molecular formula is C21H23FN6O. The lowest BCUT2D eigenvalue weighted by molar-refractivity contribution is 0.176. The molecule has 29 heavy (non-hydrogen) atoms. The molecular weight excluding hydrogens is 371 g/mol. The van der Waals surface area contributed by atoms with Crippen LogP contribution in [0, 0.1) is 0 Å². The number of aromatic nitrogens is 4. The molecule has 0 unspecified atom stereocenters. The second kappa shape index (κ2) is 7.11. The van der Waals surface area contributed by atoms with E-state index in [9.17, 15) is 9.50 Å². The highest BCUT2D eigenvalue weighted by atomic mass is 19.1. The Morgan fingerprint density at radius 3 is 2.76 bits per heavy atom. The van der Waals surface area contributed by atoms with Crippen molar-refractivity contribution in [1.29, 1.82) is 0 Å². The first-order valence-corrected chi connectivity index (χ1v) is 9.87. The predicted molar refractivity (Wildman–Crippen MR) is 108 cm³/mol. The molecule has 2 aliphatic heterocycles. The number of aromatic hydroxyl groups is 1. The van der Waals surface area contributed by atoms with E-state index in [-0.39, 0.29) is 17.8 Å². The van der Waals surface area contributed by atoms with Crippen molar-refractivity contribution in [3.63, 3.8) is 0 Å². The highest BCUT2D eigenvalue weighted by Gasteiger charge is 2.43. The number of aromatic amines is 1. The van der Waals surface area contributed by atoms with Gasteiger partial charge in [-0.15, -0.1) is 0 Å². The van der Waals surface area contributed by atoms with Crippen LogP contribution in [-0.4, -0.2) is 56.6 Å². The van der Waals surface area contributed by atoms with Crippen LogP contribution >= 0.6 is 0 Å². The number of rotatable bonds is 4. The average molecular weight is 394 g/mol. The van der Waals surface area contributed by atoms with Crippen LogP contribution in [0.25, 0.3) is 22.4 Å². The Kier molecular flexibility index (Phi) is 4.43. The summed E-state index contributed by atoms with van der Waals surface area (Å²) in [4.78, 5) is 10.9. The van der Waals surface area contributed by atoms with Gasteiger partial charge in [0.25, 0.3) is 0 Å². The van der Waals surface area contributed by atoms with Gasteiger partial charge in [-0.2, -0.15) is 5.10 Å². The normalized spacial score (nSPS) is 25.9. The summed E-state index contributed by atoms with van der Waals surface area (Å²) in [5, 5.41) is 20.5. The number of anilines is 1. The van der Waals surface area contributed by atoms with E-state index in [4.69, 9.17) is 0 Å². The van der Waals surface area contributed by atoms with Crippen molar-refractivity contribution in [3.8, 4) is 28.1 Å². The molecule has 2 aromatic heterocycles. The van der Waals surface area contributed by atoms with E-state index in [0.717, 1.165) is 30.4 Å². The molecule has 0 aliphatic carbocycles. The van der Waals surface area contributed by atoms with Gasteiger partial charge in [-0.3, -0.25) is 10.1 Å². The standard InChI is InChI=1S/C21H23FN6O/c1-28(18-7-14-3-5-16(27-14)21(18)22)20-11-23-17(10-24-20)15-4-2-12(6-19(15)29)13-8-25-26-9-13/h2,4,6,8-11,14,16,18,21,27,29H,3,5,7H2,1H3,(H,25,26)/t14-,16+,18-,21-/m0/s1. The number of phenols is 1. The number of nitrogens with one attached hydrogen (secondary N) is 2. The van der Waals surface area contributed by atoms with Gasteiger partial charge in [0.15, 0.2) is 0 Å². The van der Waals surface area contributed by atoms with Gasteiger partial charge < -0.3 is 15.3 Å². The SMILES string of the molecule is CN(c1cnc(-c2ccc(-c3cn[nH]c3)cc2O)cn1)[C@H]1C[C@@H]2CC[C@@H](N2)[C@@H]1F. The topological polar surface area (TPSA) is 90.0 Å². The maximum atomic E-state index is 14.8. The molecule has 3 aromatic rings. The van der Waals surface area contributed by atoms with Gasteiger partial charge in [-0.05, 0) is 37.0 Å². The van der Waals surface area contributed by atoms with Crippen molar-refractivity contribution < 1.29 is 9.50 Å². The number of H-pyrrole nitrogens is 1. The van der Waals surface area contributed by atoms with E-state index in [1.54, 1.807) is 30.9 Å². The van der Waals surface area contributed by atoms with Gasteiger partial charge in [0.1, 0.15) is 17.7 Å². The number of nitrogens with zero attached hydrogens (tertiary/aromatic N) is 4. The molecule has 0 amide bonds. The smallest absolute Gasteiger partial charge is 0.147 e. The number of hydrogen-bond acceptors (Lipinski definition) is 6. The van der Waals surface area contributed by atoms with E-state index >= 15 is 0 Å². The first kappa shape index (κ1) is 18.1. The van der Waals surface area contributed by atoms with Crippen LogP contribution < -0.4 is 10.2 Å². The van der Waals surface area contributed by atoms with Gasteiger partial charge in [0.05, 0.1) is 30.3 Å². The van der Waals surface area contributed by atoms with Crippen LogP contribution in [0.5, 0.6) is 5.75 Å². The molecule has 4 atom stereocenters. The number of hydrogen-bond donors (Lipinski definition) is 3. The van der Waals surface area contributed by atoms with Gasteiger partial charge >= 0.3 is 0 Å². The first-order chi connectivity index (χ1) is 14.1. The van der Waals surface area contributed by atoms with Crippen LogP contribution in [0.2, 0.25) is 0 Å². The monoisotopic (exact) mass is 394 g/mol. The summed E-state index contributed by atoms with van der Waals surface area (Å²) in [6, 6.07) is 5.53. The van der Waals surface area contributed by atoms with E-state index in [2.05, 4.69) is 25.5 Å². The van der Waals surface area contributed by atoms with Crippen molar-refractivity contribution >= 4 is 5.82 Å². The van der Waals surface area contributed by atoms with Crippen molar-refractivity contribution in [2.45, 2.75) is 43.6 Å². The molecule has 2 bridgehead atoms. The Labute approximate surface area is 168 Å². The van der Waals surface area contributed by atoms with Gasteiger partial charge in [0.2, 0.25) is 0 Å². The molecule has 8 heteroatoms. The van der Waals surface area contributed by atoms with E-state index in [0.29, 0.717) is 23.1 Å². The lowest BCUT2D eigenvalue weighted by Crippen LogP contribution is -2.55. The molecule has 0 radical (unpaired) electrons. The van der Waals surface area contributed by atoms with Crippen LogP contribution in [0.15, 0.2) is 43.0 Å². The second-order valence-corrected chi connectivity index (χ2v) is 7.88. The number of fused-ring (bicyclic) bond motifs is 2. The number of alkyl halides is 1. The third-order valence-electron chi connectivity index (χ3n) is 6.16. The summed E-state index contributed by atoms with van der Waals surface area (Å²) in [6.07, 6.45) is 8.53. The van der Waals surface area contributed by atoms with Crippen LogP contribution in [0.3, 0.4) is 0 Å². The van der Waals surface area contributed by atoms with Crippen LogP contribution in [0.4, 0.5) is 10.2 Å². The molecule has 5 rings (SSSR count). The molecule has 3 N–H and O–H groups in total. The maximum absolute atomic E-state index is 14.8.